The van der Waals surface area contributed by atoms with E-state index in [1.165, 1.54) is 23.9 Å². The Hall–Kier alpha value is -6.18. The molecule has 20 nitrogen and oxygen atoms in total. The molecule has 1 fully saturated rings. The summed E-state index contributed by atoms with van der Waals surface area (Å²) in [6, 6.07) is -6.72. The van der Waals surface area contributed by atoms with E-state index in [0.717, 1.165) is 0 Å². The maximum absolute atomic E-state index is 14.5. The summed E-state index contributed by atoms with van der Waals surface area (Å²) in [6.45, 7) is 29.7. The Morgan fingerprint density at radius 1 is 0.400 bits per heavy atom. The van der Waals surface area contributed by atoms with Crippen molar-refractivity contribution >= 4 is 59.3 Å². The number of carbonyl (C=O) groups excluding carboxylic acids is 10. The molecule has 4 N–H and O–H groups in total. The lowest BCUT2D eigenvalue weighted by atomic mass is 9.92. The van der Waals surface area contributed by atoms with E-state index in [2.05, 4.69) is 33.1 Å². The molecule has 0 bridgehead atoms. The van der Waals surface area contributed by atoms with Crippen LogP contribution in [0.5, 0.6) is 0 Å². The molecule has 20 heteroatoms. The van der Waals surface area contributed by atoms with Gasteiger partial charge in [-0.05, 0) is 61.2 Å². The van der Waals surface area contributed by atoms with Gasteiger partial charge in [-0.1, -0.05) is 125 Å². The summed E-state index contributed by atoms with van der Waals surface area (Å²) >= 11 is 0. The number of amides is 6. The maximum Gasteiger partial charge on any atom is 0.348 e. The SMILES string of the molecule is C#CCCC[C@@H]1NC(=O)[C@H](C(C)C)NC(=O)[C@H](C(C)C)OC(=O)[C@H](C(C)C)OC(=O)[C@H](C(C)C)N(C)C(=O)[C@@H](C)[C@H](CCCC#C)NC(=O)[C@@H](C(C)C)NC(=O)[C@H](C(C)C)OC(=O)[C@H](C(C)C)OC(=O)[C@H](C(C)C)N(C)C(=O)[C@H]1C. The third-order valence-corrected chi connectivity index (χ3v) is 14.5. The zero-order valence-corrected chi connectivity index (χ0v) is 51.6. The van der Waals surface area contributed by atoms with E-state index in [9.17, 15) is 47.9 Å². The van der Waals surface area contributed by atoms with Gasteiger partial charge in [0.2, 0.25) is 35.8 Å². The largest absolute Gasteiger partial charge is 0.449 e. The number of rotatable bonds is 14. The lowest BCUT2D eigenvalue weighted by molar-refractivity contribution is -0.182. The summed E-state index contributed by atoms with van der Waals surface area (Å²) < 4.78 is 23.5. The second kappa shape index (κ2) is 33.5. The summed E-state index contributed by atoms with van der Waals surface area (Å²) in [5.74, 6) is -9.78. The second-order valence-corrected chi connectivity index (χ2v) is 24.1. The van der Waals surface area contributed by atoms with E-state index in [1.807, 2.05) is 0 Å². The fraction of sp³-hybridized carbons (Fsp3) is 0.767. The predicted molar refractivity (Wildman–Crippen MR) is 303 cm³/mol. The van der Waals surface area contributed by atoms with E-state index in [1.54, 1.807) is 125 Å². The topological polar surface area (TPSA) is 262 Å². The Balaban J connectivity index is 4.19. The van der Waals surface area contributed by atoms with Crippen molar-refractivity contribution in [2.45, 2.75) is 224 Å². The number of carbonyl (C=O) groups is 10. The van der Waals surface area contributed by atoms with Gasteiger partial charge in [0.25, 0.3) is 11.8 Å². The van der Waals surface area contributed by atoms with Crippen molar-refractivity contribution in [3.63, 3.8) is 0 Å². The first-order valence-corrected chi connectivity index (χ1v) is 28.5. The summed E-state index contributed by atoms with van der Waals surface area (Å²) in [4.78, 5) is 146. The number of nitrogens with zero attached hydrogens (tertiary/aromatic N) is 2. The summed E-state index contributed by atoms with van der Waals surface area (Å²) in [5, 5.41) is 11.4. The first-order valence-electron chi connectivity index (χ1n) is 28.5. The van der Waals surface area contributed by atoms with E-state index in [-0.39, 0.29) is 12.8 Å². The number of terminal acetylenes is 2. The van der Waals surface area contributed by atoms with Crippen LogP contribution in [-0.4, -0.2) is 144 Å². The van der Waals surface area contributed by atoms with Gasteiger partial charge >= 0.3 is 23.9 Å². The zero-order chi connectivity index (χ0) is 61.8. The summed E-state index contributed by atoms with van der Waals surface area (Å²) in [7, 11) is 2.82. The van der Waals surface area contributed by atoms with Crippen LogP contribution in [0.1, 0.15) is 163 Å². The van der Waals surface area contributed by atoms with E-state index in [4.69, 9.17) is 31.8 Å². The minimum Gasteiger partial charge on any atom is -0.449 e. The number of esters is 4. The number of hydrogen-bond donors (Lipinski definition) is 4. The maximum atomic E-state index is 14.5. The summed E-state index contributed by atoms with van der Waals surface area (Å²) in [6.07, 6.45) is 6.96. The molecule has 12 atom stereocenters. The average Bonchev–Trinajstić information content (AvgIpc) is 3.35. The monoisotopic (exact) mass is 1130 g/mol. The van der Waals surface area contributed by atoms with Crippen molar-refractivity contribution in [3.05, 3.63) is 0 Å². The molecular weight excluding hydrogens is 1030 g/mol. The molecule has 0 spiro atoms. The van der Waals surface area contributed by atoms with Crippen LogP contribution in [0, 0.1) is 83.9 Å². The van der Waals surface area contributed by atoms with Crippen molar-refractivity contribution in [2.24, 2.45) is 59.2 Å². The van der Waals surface area contributed by atoms with Gasteiger partial charge in [-0.15, -0.1) is 24.7 Å². The number of hydrogen-bond acceptors (Lipinski definition) is 14. The fourth-order valence-electron chi connectivity index (χ4n) is 9.52. The van der Waals surface area contributed by atoms with Crippen LogP contribution in [0.4, 0.5) is 0 Å². The molecule has 1 saturated heterocycles. The highest BCUT2D eigenvalue weighted by Crippen LogP contribution is 2.25. The van der Waals surface area contributed by atoms with Gasteiger partial charge in [0.15, 0.2) is 12.2 Å². The van der Waals surface area contributed by atoms with Crippen molar-refractivity contribution in [1.82, 2.24) is 31.1 Å². The molecule has 1 aliphatic heterocycles. The Morgan fingerprint density at radius 2 is 0.675 bits per heavy atom. The minimum absolute atomic E-state index is 0.219. The molecule has 0 saturated carbocycles. The minimum atomic E-state index is -1.55. The van der Waals surface area contributed by atoms with Crippen LogP contribution < -0.4 is 21.3 Å². The lowest BCUT2D eigenvalue weighted by Gasteiger charge is -2.36. The van der Waals surface area contributed by atoms with Crippen molar-refractivity contribution in [2.75, 3.05) is 14.1 Å². The van der Waals surface area contributed by atoms with Gasteiger partial charge in [-0.3, -0.25) is 28.8 Å². The highest BCUT2D eigenvalue weighted by Gasteiger charge is 2.44. The molecule has 0 aromatic heterocycles. The van der Waals surface area contributed by atoms with Gasteiger partial charge in [0, 0.05) is 50.9 Å². The third kappa shape index (κ3) is 20.7. The summed E-state index contributed by atoms with van der Waals surface area (Å²) in [5.41, 5.74) is 0. The van der Waals surface area contributed by atoms with Gasteiger partial charge in [0.05, 0.1) is 11.8 Å². The molecule has 1 heterocycles. The van der Waals surface area contributed by atoms with Gasteiger partial charge < -0.3 is 50.0 Å². The number of unbranched alkanes of at least 4 members (excludes halogenated alkanes) is 2. The van der Waals surface area contributed by atoms with Crippen LogP contribution in [0.25, 0.3) is 0 Å². The smallest absolute Gasteiger partial charge is 0.348 e. The van der Waals surface area contributed by atoms with E-state index in [0.29, 0.717) is 25.7 Å². The molecule has 0 aromatic carbocycles. The number of nitrogens with one attached hydrogen (secondary N) is 4. The normalized spacial score (nSPS) is 27.9. The predicted octanol–water partition coefficient (Wildman–Crippen LogP) is 5.37. The Kier molecular flexibility index (Phi) is 30.1. The fourth-order valence-corrected chi connectivity index (χ4v) is 9.52. The first kappa shape index (κ1) is 71.8. The lowest BCUT2D eigenvalue weighted by Crippen LogP contribution is -2.58. The molecule has 80 heavy (non-hydrogen) atoms. The highest BCUT2D eigenvalue weighted by molar-refractivity contribution is 5.94. The Bertz CT molecular complexity index is 2060. The quantitative estimate of drug-likeness (QED) is 0.0738. The van der Waals surface area contributed by atoms with Gasteiger partial charge in [0.1, 0.15) is 24.2 Å². The second-order valence-electron chi connectivity index (χ2n) is 24.1. The molecule has 0 unspecified atom stereocenters. The Labute approximate surface area is 477 Å². The zero-order valence-electron chi connectivity index (χ0n) is 51.6. The van der Waals surface area contributed by atoms with Gasteiger partial charge in [-0.2, -0.15) is 0 Å². The molecule has 1 rings (SSSR count). The molecule has 0 aromatic rings. The molecular formula is C60H98N6O14. The van der Waals surface area contributed by atoms with Crippen LogP contribution in [0.3, 0.4) is 0 Å². The number of cyclic esters (lactones) is 4. The van der Waals surface area contributed by atoms with Crippen LogP contribution >= 0.6 is 0 Å². The third-order valence-electron chi connectivity index (χ3n) is 14.5. The Morgan fingerprint density at radius 3 is 0.912 bits per heavy atom. The number of likely N-dealkylation sites (N-methyl/N-ethyl adjacent to an activating group) is 2. The highest BCUT2D eigenvalue weighted by atomic mass is 16.6. The van der Waals surface area contributed by atoms with Crippen molar-refractivity contribution in [1.29, 1.82) is 0 Å². The average molecular weight is 1130 g/mol. The van der Waals surface area contributed by atoms with Crippen LogP contribution in [-0.2, 0) is 66.9 Å². The van der Waals surface area contributed by atoms with E-state index < -0.39 is 179 Å². The molecule has 1 aliphatic rings. The van der Waals surface area contributed by atoms with Crippen molar-refractivity contribution < 1.29 is 66.9 Å². The molecule has 0 aliphatic carbocycles. The standard InChI is InChI=1S/C60H98N6O14/c1-23-25-27-29-41-39(19)55(71)65(21)45(33(7)8)57(73)79-49(37(15)16)59(75)78-48(36(13)14)54(70)64-44(32(5)6)52(68)62-42(30-28-26-24-2)40(20)56(72)66(22)46(34(9)10)58(74)80-50(38(17)18)60(76)77-47(35(11)12)53(69)63-43(31(3)4)51(67)61-41/h1-2,31-50H,25-30H2,3-22H3,(H,61,67)(H,62,68)(H,63,69)(H,64,70)/t39-,40-,41-,42-,43-,44+,45-,46-,47-,48-,49-,50-/m0/s1. The van der Waals surface area contributed by atoms with Crippen molar-refractivity contribution in [3.8, 4) is 24.7 Å². The van der Waals surface area contributed by atoms with Crippen LogP contribution in [0.2, 0.25) is 0 Å². The van der Waals surface area contributed by atoms with Gasteiger partial charge in [-0.25, -0.2) is 19.2 Å². The molecule has 6 amide bonds. The first-order chi connectivity index (χ1) is 37.1. The number of ether oxygens (including phenoxy) is 4. The molecule has 0 radical (unpaired) electrons. The van der Waals surface area contributed by atoms with Crippen LogP contribution in [0.15, 0.2) is 0 Å². The molecule has 452 valence electrons. The van der Waals surface area contributed by atoms with E-state index >= 15 is 0 Å².